The monoisotopic (exact) mass is 360 g/mol. The van der Waals surface area contributed by atoms with Gasteiger partial charge >= 0.3 is 0 Å². The molecule has 0 spiro atoms. The summed E-state index contributed by atoms with van der Waals surface area (Å²) in [7, 11) is 1.78. The van der Waals surface area contributed by atoms with E-state index in [0.29, 0.717) is 12.2 Å². The molecular formula is C23H24N2O2. The van der Waals surface area contributed by atoms with Crippen LogP contribution in [0.4, 0.5) is 5.69 Å². The highest BCUT2D eigenvalue weighted by Gasteiger charge is 2.14. The van der Waals surface area contributed by atoms with Crippen LogP contribution in [0.15, 0.2) is 72.9 Å². The number of rotatable bonds is 7. The first-order valence-corrected chi connectivity index (χ1v) is 9.19. The first-order chi connectivity index (χ1) is 13.2. The molecule has 0 atom stereocenters. The number of fused-ring (bicyclic) bond motifs is 1. The Kier molecular flexibility index (Phi) is 6.21. The third-order valence-electron chi connectivity index (χ3n) is 4.32. The van der Waals surface area contributed by atoms with Crippen LogP contribution in [0.2, 0.25) is 0 Å². The van der Waals surface area contributed by atoms with Crippen LogP contribution in [0.3, 0.4) is 0 Å². The number of amides is 1. The van der Waals surface area contributed by atoms with Crippen LogP contribution < -0.4 is 9.64 Å². The summed E-state index contributed by atoms with van der Waals surface area (Å²) in [5.41, 5.74) is 2.31. The normalized spacial score (nSPS) is 11.0. The fourth-order valence-corrected chi connectivity index (χ4v) is 2.83. The topological polar surface area (TPSA) is 42.4 Å². The second kappa shape index (κ2) is 8.99. The highest BCUT2D eigenvalue weighted by atomic mass is 16.5. The number of nitrogens with zero attached hydrogens (tertiary/aromatic N) is 2. The van der Waals surface area contributed by atoms with Gasteiger partial charge < -0.3 is 9.64 Å². The number of carbonyl (C=O) groups excluding carboxylic acids is 1. The zero-order valence-electron chi connectivity index (χ0n) is 15.8. The van der Waals surface area contributed by atoms with Crippen molar-refractivity contribution >= 4 is 22.5 Å². The molecule has 1 heterocycles. The quantitative estimate of drug-likeness (QED) is 0.427. The van der Waals surface area contributed by atoms with Crippen LogP contribution in [0.25, 0.3) is 10.9 Å². The molecule has 0 aliphatic heterocycles. The molecule has 1 amide bonds. The first kappa shape index (κ1) is 18.6. The maximum atomic E-state index is 12.9. The Morgan fingerprint density at radius 2 is 2.00 bits per heavy atom. The molecule has 0 unspecified atom stereocenters. The van der Waals surface area contributed by atoms with Crippen molar-refractivity contribution in [3.05, 3.63) is 78.5 Å². The molecule has 0 N–H and O–H groups in total. The van der Waals surface area contributed by atoms with E-state index in [0.717, 1.165) is 35.2 Å². The van der Waals surface area contributed by atoms with Crippen LogP contribution in [0, 0.1) is 0 Å². The lowest BCUT2D eigenvalue weighted by molar-refractivity contribution is 0.0993. The van der Waals surface area contributed by atoms with Crippen molar-refractivity contribution in [1.29, 1.82) is 0 Å². The average Bonchev–Trinajstić information content (AvgIpc) is 2.72. The van der Waals surface area contributed by atoms with E-state index in [1.807, 2.05) is 54.6 Å². The minimum Gasteiger partial charge on any atom is -0.493 e. The third-order valence-corrected chi connectivity index (χ3v) is 4.32. The Balaban J connectivity index is 1.72. The number of hydrogen-bond acceptors (Lipinski definition) is 3. The number of carbonyl (C=O) groups is 1. The van der Waals surface area contributed by atoms with E-state index in [4.69, 9.17) is 4.74 Å². The Morgan fingerprint density at radius 3 is 2.85 bits per heavy atom. The number of hydrogen-bond donors (Lipinski definition) is 0. The van der Waals surface area contributed by atoms with Gasteiger partial charge in [-0.15, -0.1) is 0 Å². The molecule has 4 nitrogen and oxygen atoms in total. The first-order valence-electron chi connectivity index (χ1n) is 9.19. The Bertz CT molecular complexity index is 950. The van der Waals surface area contributed by atoms with Gasteiger partial charge in [0.25, 0.3) is 5.91 Å². The number of benzene rings is 2. The van der Waals surface area contributed by atoms with Crippen LogP contribution >= 0.6 is 0 Å². The van der Waals surface area contributed by atoms with Gasteiger partial charge in [-0.1, -0.05) is 31.2 Å². The molecule has 0 saturated heterocycles. The van der Waals surface area contributed by atoms with Crippen molar-refractivity contribution in [2.75, 3.05) is 18.6 Å². The van der Waals surface area contributed by atoms with Crippen molar-refractivity contribution in [3.63, 3.8) is 0 Å². The molecule has 0 fully saturated rings. The molecule has 27 heavy (non-hydrogen) atoms. The summed E-state index contributed by atoms with van der Waals surface area (Å²) in [5.74, 6) is 0.698. The summed E-state index contributed by atoms with van der Waals surface area (Å²) in [5, 5.41) is 0.953. The predicted octanol–water partition coefficient (Wildman–Crippen LogP) is 5.25. The summed E-state index contributed by atoms with van der Waals surface area (Å²) in [4.78, 5) is 18.8. The van der Waals surface area contributed by atoms with Crippen molar-refractivity contribution < 1.29 is 9.53 Å². The predicted molar refractivity (Wildman–Crippen MR) is 110 cm³/mol. The van der Waals surface area contributed by atoms with E-state index < -0.39 is 0 Å². The van der Waals surface area contributed by atoms with Gasteiger partial charge in [-0.05, 0) is 49.2 Å². The van der Waals surface area contributed by atoms with Gasteiger partial charge in [0.05, 0.1) is 12.1 Å². The van der Waals surface area contributed by atoms with Gasteiger partial charge in [-0.25, -0.2) is 0 Å². The van der Waals surface area contributed by atoms with E-state index in [9.17, 15) is 4.79 Å². The maximum absolute atomic E-state index is 12.9. The molecule has 0 saturated carbocycles. The van der Waals surface area contributed by atoms with Gasteiger partial charge in [0.1, 0.15) is 5.75 Å². The summed E-state index contributed by atoms with van der Waals surface area (Å²) < 4.78 is 5.79. The highest BCUT2D eigenvalue weighted by Crippen LogP contribution is 2.23. The smallest absolute Gasteiger partial charge is 0.258 e. The SMILES string of the molecule is CCC=CCCOc1cccc(N(C)C(=O)c2ccc3ncccc3c2)c1. The molecule has 0 bridgehead atoms. The molecule has 2 aromatic carbocycles. The number of aromatic nitrogens is 1. The lowest BCUT2D eigenvalue weighted by Gasteiger charge is -2.18. The number of anilines is 1. The van der Waals surface area contributed by atoms with E-state index in [-0.39, 0.29) is 5.91 Å². The Hall–Kier alpha value is -3.14. The Labute approximate surface area is 160 Å². The molecule has 0 aliphatic carbocycles. The van der Waals surface area contributed by atoms with E-state index in [1.165, 1.54) is 0 Å². The second-order valence-corrected chi connectivity index (χ2v) is 6.29. The number of ether oxygens (including phenoxy) is 1. The van der Waals surface area contributed by atoms with Crippen LogP contribution in [0.5, 0.6) is 5.75 Å². The minimum absolute atomic E-state index is 0.0659. The van der Waals surface area contributed by atoms with Gasteiger partial charge in [0.2, 0.25) is 0 Å². The largest absolute Gasteiger partial charge is 0.493 e. The van der Waals surface area contributed by atoms with Crippen LogP contribution in [-0.2, 0) is 0 Å². The molecule has 3 aromatic rings. The fraction of sp³-hybridized carbons (Fsp3) is 0.217. The van der Waals surface area contributed by atoms with Gasteiger partial charge in [-0.2, -0.15) is 0 Å². The van der Waals surface area contributed by atoms with Crippen molar-refractivity contribution in [1.82, 2.24) is 4.98 Å². The number of pyridine rings is 1. The molecule has 0 aliphatic rings. The molecule has 1 aromatic heterocycles. The standard InChI is InChI=1S/C23H24N2O2/c1-3-4-5-6-15-27-21-11-7-10-20(17-21)25(2)23(26)19-12-13-22-18(16-19)9-8-14-24-22/h4-5,7-14,16-17H,3,6,15H2,1-2H3. The summed E-state index contributed by atoms with van der Waals surface area (Å²) >= 11 is 0. The van der Waals surface area contributed by atoms with Crippen LogP contribution in [-0.4, -0.2) is 24.5 Å². The van der Waals surface area contributed by atoms with Gasteiger partial charge in [0, 0.05) is 35.9 Å². The average molecular weight is 360 g/mol. The molecule has 0 radical (unpaired) electrons. The third kappa shape index (κ3) is 4.73. The molecule has 4 heteroatoms. The summed E-state index contributed by atoms with van der Waals surface area (Å²) in [6.45, 7) is 2.73. The van der Waals surface area contributed by atoms with Crippen molar-refractivity contribution in [2.45, 2.75) is 19.8 Å². The summed E-state index contributed by atoms with van der Waals surface area (Å²) in [6.07, 6.45) is 7.91. The zero-order chi connectivity index (χ0) is 19.1. The molecule has 3 rings (SSSR count). The van der Waals surface area contributed by atoms with E-state index >= 15 is 0 Å². The second-order valence-electron chi connectivity index (χ2n) is 6.29. The van der Waals surface area contributed by atoms with Gasteiger partial charge in [-0.3, -0.25) is 9.78 Å². The van der Waals surface area contributed by atoms with E-state index in [2.05, 4.69) is 24.1 Å². The summed E-state index contributed by atoms with van der Waals surface area (Å²) in [6, 6.07) is 17.0. The molecule has 138 valence electrons. The van der Waals surface area contributed by atoms with Gasteiger partial charge in [0.15, 0.2) is 0 Å². The highest BCUT2D eigenvalue weighted by molar-refractivity contribution is 6.07. The fourth-order valence-electron chi connectivity index (χ4n) is 2.83. The van der Waals surface area contributed by atoms with E-state index in [1.54, 1.807) is 18.1 Å². The van der Waals surface area contributed by atoms with Crippen LogP contribution in [0.1, 0.15) is 30.1 Å². The minimum atomic E-state index is -0.0659. The zero-order valence-corrected chi connectivity index (χ0v) is 15.8. The molecular weight excluding hydrogens is 336 g/mol. The van der Waals surface area contributed by atoms with Crippen molar-refractivity contribution in [3.8, 4) is 5.75 Å². The Morgan fingerprint density at radius 1 is 1.11 bits per heavy atom. The number of allylic oxidation sites excluding steroid dienone is 1. The maximum Gasteiger partial charge on any atom is 0.258 e. The lowest BCUT2D eigenvalue weighted by Crippen LogP contribution is -2.26. The van der Waals surface area contributed by atoms with Crippen molar-refractivity contribution in [2.24, 2.45) is 0 Å². The lowest BCUT2D eigenvalue weighted by atomic mass is 10.1.